The van der Waals surface area contributed by atoms with Gasteiger partial charge in [0.1, 0.15) is 0 Å². The number of ketones is 1. The molecule has 0 amide bonds. The second-order valence-electron chi connectivity index (χ2n) is 4.70. The van der Waals surface area contributed by atoms with E-state index in [0.717, 1.165) is 4.31 Å². The number of rotatable bonds is 8. The SMILES string of the molecule is CCC(=O)c1cccc(S(=O)(=O)N(C)CC(O)COC)c1. The maximum atomic E-state index is 12.4. The minimum absolute atomic E-state index is 0.0360. The third-order valence-corrected chi connectivity index (χ3v) is 4.83. The van der Waals surface area contributed by atoms with Crippen LogP contribution in [0.2, 0.25) is 0 Å². The van der Waals surface area contributed by atoms with Crippen LogP contribution in [0.15, 0.2) is 29.2 Å². The number of Topliss-reactive ketones (excluding diaryl/α,β-unsaturated/α-hetero) is 1. The fourth-order valence-corrected chi connectivity index (χ4v) is 3.11. The molecule has 6 nitrogen and oxygen atoms in total. The van der Waals surface area contributed by atoms with E-state index in [1.165, 1.54) is 32.4 Å². The van der Waals surface area contributed by atoms with Gasteiger partial charge in [-0.3, -0.25) is 4.79 Å². The van der Waals surface area contributed by atoms with Gasteiger partial charge in [-0.05, 0) is 12.1 Å². The van der Waals surface area contributed by atoms with Crippen LogP contribution in [0.5, 0.6) is 0 Å². The Hall–Kier alpha value is -1.28. The number of methoxy groups -OCH3 is 1. The molecule has 0 radical (unpaired) electrons. The van der Waals surface area contributed by atoms with Gasteiger partial charge >= 0.3 is 0 Å². The predicted octanol–water partition coefficient (Wildman–Crippen LogP) is 0.907. The van der Waals surface area contributed by atoms with Crippen molar-refractivity contribution in [1.82, 2.24) is 4.31 Å². The third-order valence-electron chi connectivity index (χ3n) is 3.01. The molecule has 7 heteroatoms. The highest BCUT2D eigenvalue weighted by Gasteiger charge is 2.23. The van der Waals surface area contributed by atoms with Gasteiger partial charge in [0.25, 0.3) is 0 Å². The molecule has 1 rings (SSSR count). The maximum Gasteiger partial charge on any atom is 0.242 e. The van der Waals surface area contributed by atoms with Gasteiger partial charge in [0.05, 0.1) is 17.6 Å². The standard InChI is InChI=1S/C14H21NO5S/c1-4-14(17)11-6-5-7-13(8-11)21(18,19)15(2)9-12(16)10-20-3/h5-8,12,16H,4,9-10H2,1-3H3. The van der Waals surface area contributed by atoms with E-state index >= 15 is 0 Å². The normalized spacial score (nSPS) is 13.4. The van der Waals surface area contributed by atoms with Crippen LogP contribution in [0.4, 0.5) is 0 Å². The molecule has 0 spiro atoms. The number of carbonyl (C=O) groups excluding carboxylic acids is 1. The number of aliphatic hydroxyl groups excluding tert-OH is 1. The molecule has 1 atom stereocenters. The summed E-state index contributed by atoms with van der Waals surface area (Å²) in [6.07, 6.45) is -0.596. The summed E-state index contributed by atoms with van der Waals surface area (Å²) in [5.41, 5.74) is 0.365. The summed E-state index contributed by atoms with van der Waals surface area (Å²) in [5, 5.41) is 9.63. The van der Waals surface area contributed by atoms with Crippen LogP contribution < -0.4 is 0 Å². The topological polar surface area (TPSA) is 83.9 Å². The van der Waals surface area contributed by atoms with Crippen LogP contribution in [0.3, 0.4) is 0 Å². The summed E-state index contributed by atoms with van der Waals surface area (Å²) in [5.74, 6) is -0.117. The van der Waals surface area contributed by atoms with E-state index in [2.05, 4.69) is 0 Å². The summed E-state index contributed by atoms with van der Waals surface area (Å²) >= 11 is 0. The van der Waals surface area contributed by atoms with Crippen LogP contribution >= 0.6 is 0 Å². The second-order valence-corrected chi connectivity index (χ2v) is 6.74. The molecule has 0 heterocycles. The fourth-order valence-electron chi connectivity index (χ4n) is 1.85. The van der Waals surface area contributed by atoms with Gasteiger partial charge in [0.15, 0.2) is 5.78 Å². The Labute approximate surface area is 125 Å². The average molecular weight is 315 g/mol. The van der Waals surface area contributed by atoms with Gasteiger partial charge < -0.3 is 9.84 Å². The number of hydrogen-bond acceptors (Lipinski definition) is 5. The Morgan fingerprint density at radius 1 is 1.43 bits per heavy atom. The molecule has 1 unspecified atom stereocenters. The molecule has 21 heavy (non-hydrogen) atoms. The first-order chi connectivity index (χ1) is 9.82. The van der Waals surface area contributed by atoms with Crippen molar-refractivity contribution in [2.24, 2.45) is 0 Å². The number of hydrogen-bond donors (Lipinski definition) is 1. The van der Waals surface area contributed by atoms with Crippen molar-refractivity contribution in [1.29, 1.82) is 0 Å². The smallest absolute Gasteiger partial charge is 0.242 e. The van der Waals surface area contributed by atoms with Gasteiger partial charge in [-0.1, -0.05) is 19.1 Å². The Balaban J connectivity index is 2.99. The fraction of sp³-hybridized carbons (Fsp3) is 0.500. The predicted molar refractivity (Wildman–Crippen MR) is 78.8 cm³/mol. The van der Waals surface area contributed by atoms with E-state index in [1.54, 1.807) is 13.0 Å². The number of benzene rings is 1. The zero-order chi connectivity index (χ0) is 16.0. The molecule has 1 aromatic carbocycles. The summed E-state index contributed by atoms with van der Waals surface area (Å²) in [7, 11) is -0.945. The molecular weight excluding hydrogens is 294 g/mol. The quantitative estimate of drug-likeness (QED) is 0.721. The largest absolute Gasteiger partial charge is 0.389 e. The van der Waals surface area contributed by atoms with Gasteiger partial charge in [0, 0.05) is 32.7 Å². The molecule has 1 aromatic rings. The number of likely N-dealkylation sites (N-methyl/N-ethyl adjacent to an activating group) is 1. The molecule has 0 aromatic heterocycles. The highest BCUT2D eigenvalue weighted by Crippen LogP contribution is 2.17. The lowest BCUT2D eigenvalue weighted by atomic mass is 10.1. The van der Waals surface area contributed by atoms with E-state index in [9.17, 15) is 18.3 Å². The maximum absolute atomic E-state index is 12.4. The molecule has 118 valence electrons. The number of carbonyl (C=O) groups is 1. The Morgan fingerprint density at radius 3 is 2.67 bits per heavy atom. The molecule has 0 aliphatic heterocycles. The van der Waals surface area contributed by atoms with E-state index in [-0.39, 0.29) is 23.8 Å². The first kappa shape index (κ1) is 17.8. The van der Waals surface area contributed by atoms with E-state index in [4.69, 9.17) is 4.74 Å². The lowest BCUT2D eigenvalue weighted by molar-refractivity contribution is 0.0554. The van der Waals surface area contributed by atoms with E-state index in [0.29, 0.717) is 12.0 Å². The van der Waals surface area contributed by atoms with Crippen molar-refractivity contribution >= 4 is 15.8 Å². The van der Waals surface area contributed by atoms with Crippen LogP contribution in [0, 0.1) is 0 Å². The lowest BCUT2D eigenvalue weighted by Gasteiger charge is -2.20. The second kappa shape index (κ2) is 7.65. The Morgan fingerprint density at radius 2 is 2.10 bits per heavy atom. The van der Waals surface area contributed by atoms with Crippen molar-refractivity contribution in [3.05, 3.63) is 29.8 Å². The van der Waals surface area contributed by atoms with Crippen LogP contribution in [0.1, 0.15) is 23.7 Å². The minimum Gasteiger partial charge on any atom is -0.389 e. The van der Waals surface area contributed by atoms with Crippen molar-refractivity contribution in [3.8, 4) is 0 Å². The molecule has 0 aliphatic rings. The Bertz CT molecular complexity index is 585. The number of ether oxygens (including phenoxy) is 1. The van der Waals surface area contributed by atoms with Gasteiger partial charge in [-0.15, -0.1) is 0 Å². The van der Waals surface area contributed by atoms with Crippen molar-refractivity contribution < 1.29 is 23.1 Å². The van der Waals surface area contributed by atoms with Gasteiger partial charge in [0.2, 0.25) is 10.0 Å². The first-order valence-electron chi connectivity index (χ1n) is 6.59. The molecule has 0 aliphatic carbocycles. The first-order valence-corrected chi connectivity index (χ1v) is 8.03. The summed E-state index contributed by atoms with van der Waals surface area (Å²) < 4.78 is 30.6. The summed E-state index contributed by atoms with van der Waals surface area (Å²) in [6.45, 7) is 1.69. The molecule has 1 N–H and O–H groups in total. The van der Waals surface area contributed by atoms with Crippen LogP contribution in [-0.2, 0) is 14.8 Å². The molecular formula is C14H21NO5S. The monoisotopic (exact) mass is 315 g/mol. The third kappa shape index (κ3) is 4.60. The van der Waals surface area contributed by atoms with Crippen molar-refractivity contribution in [3.63, 3.8) is 0 Å². The molecule has 0 saturated heterocycles. The molecule has 0 bridgehead atoms. The highest BCUT2D eigenvalue weighted by molar-refractivity contribution is 7.89. The summed E-state index contributed by atoms with van der Waals surface area (Å²) in [6, 6.07) is 5.92. The number of sulfonamides is 1. The van der Waals surface area contributed by atoms with Crippen LogP contribution in [0.25, 0.3) is 0 Å². The minimum atomic E-state index is -3.75. The van der Waals surface area contributed by atoms with Gasteiger partial charge in [-0.25, -0.2) is 8.42 Å². The summed E-state index contributed by atoms with van der Waals surface area (Å²) in [4.78, 5) is 11.7. The van der Waals surface area contributed by atoms with Crippen molar-refractivity contribution in [2.45, 2.75) is 24.3 Å². The molecule has 0 fully saturated rings. The lowest BCUT2D eigenvalue weighted by Crippen LogP contribution is -2.36. The number of nitrogens with zero attached hydrogens (tertiary/aromatic N) is 1. The van der Waals surface area contributed by atoms with Crippen molar-refractivity contribution in [2.75, 3.05) is 27.3 Å². The van der Waals surface area contributed by atoms with Gasteiger partial charge in [-0.2, -0.15) is 4.31 Å². The van der Waals surface area contributed by atoms with Crippen LogP contribution in [-0.4, -0.2) is 57.0 Å². The zero-order valence-corrected chi connectivity index (χ0v) is 13.3. The van der Waals surface area contributed by atoms with E-state index < -0.39 is 16.1 Å². The average Bonchev–Trinajstić information content (AvgIpc) is 2.46. The number of aliphatic hydroxyl groups is 1. The molecule has 0 saturated carbocycles. The highest BCUT2D eigenvalue weighted by atomic mass is 32.2. The Kier molecular flexibility index (Phi) is 6.47. The zero-order valence-electron chi connectivity index (χ0n) is 12.4. The van der Waals surface area contributed by atoms with E-state index in [1.807, 2.05) is 0 Å².